The minimum Gasteiger partial charge on any atom is -0.0988 e. The van der Waals surface area contributed by atoms with Gasteiger partial charge < -0.3 is 0 Å². The van der Waals surface area contributed by atoms with Crippen molar-refractivity contribution in [3.8, 4) is 0 Å². The van der Waals surface area contributed by atoms with E-state index in [-0.39, 0.29) is 5.41 Å². The zero-order valence-corrected chi connectivity index (χ0v) is 18.9. The van der Waals surface area contributed by atoms with E-state index in [1.807, 2.05) is 19.1 Å². The van der Waals surface area contributed by atoms with Gasteiger partial charge in [-0.25, -0.2) is 0 Å². The van der Waals surface area contributed by atoms with E-state index in [2.05, 4.69) is 92.5 Å². The molecule has 0 amide bonds. The van der Waals surface area contributed by atoms with E-state index < -0.39 is 0 Å². The van der Waals surface area contributed by atoms with Gasteiger partial charge in [-0.05, 0) is 55.9 Å². The lowest BCUT2D eigenvalue weighted by atomic mass is 9.78. The number of allylic oxidation sites excluding steroid dienone is 9. The molecule has 26 heavy (non-hydrogen) atoms. The summed E-state index contributed by atoms with van der Waals surface area (Å²) in [7, 11) is 0. The van der Waals surface area contributed by atoms with Crippen LogP contribution in [0.15, 0.2) is 72.9 Å². The zero-order chi connectivity index (χ0) is 20.8. The van der Waals surface area contributed by atoms with Crippen LogP contribution in [-0.2, 0) is 0 Å². The van der Waals surface area contributed by atoms with Crippen molar-refractivity contribution in [1.29, 1.82) is 0 Å². The van der Waals surface area contributed by atoms with Crippen molar-refractivity contribution >= 4 is 0 Å². The lowest BCUT2D eigenvalue weighted by molar-refractivity contribution is 0.378. The highest BCUT2D eigenvalue weighted by molar-refractivity contribution is 5.27. The molecule has 148 valence electrons. The van der Waals surface area contributed by atoms with Crippen LogP contribution in [-0.4, -0.2) is 0 Å². The normalized spacial score (nSPS) is 12.8. The van der Waals surface area contributed by atoms with E-state index in [1.54, 1.807) is 0 Å². The van der Waals surface area contributed by atoms with Crippen LogP contribution in [0.4, 0.5) is 0 Å². The van der Waals surface area contributed by atoms with Gasteiger partial charge in [-0.15, -0.1) is 0 Å². The van der Waals surface area contributed by atoms with E-state index in [0.717, 1.165) is 18.4 Å². The molecule has 0 heteroatoms. The molecule has 0 saturated heterocycles. The Labute approximate surface area is 165 Å². The molecule has 0 N–H and O–H groups in total. The van der Waals surface area contributed by atoms with Crippen molar-refractivity contribution in [3.63, 3.8) is 0 Å². The second-order valence-electron chi connectivity index (χ2n) is 7.81. The maximum atomic E-state index is 4.11. The Morgan fingerprint density at radius 3 is 1.69 bits per heavy atom. The van der Waals surface area contributed by atoms with Gasteiger partial charge in [-0.3, -0.25) is 0 Å². The Morgan fingerprint density at radius 1 is 0.846 bits per heavy atom. The summed E-state index contributed by atoms with van der Waals surface area (Å²) in [5.41, 5.74) is 4.12. The smallest absolute Gasteiger partial charge is 0.00863 e. The Hall–Kier alpha value is -1.56. The molecule has 0 unspecified atom stereocenters. The minimum absolute atomic E-state index is 0.256. The molecule has 0 rings (SSSR count). The third kappa shape index (κ3) is 11.1. The fourth-order valence-corrected chi connectivity index (χ4v) is 2.13. The van der Waals surface area contributed by atoms with E-state index in [1.165, 1.54) is 24.0 Å². The second-order valence-corrected chi connectivity index (χ2v) is 7.81. The molecular weight excluding hydrogens is 312 g/mol. The summed E-state index contributed by atoms with van der Waals surface area (Å²) < 4.78 is 0. The maximum Gasteiger partial charge on any atom is -0.00863 e. The molecule has 0 aromatic rings. The first-order valence-corrected chi connectivity index (χ1v) is 10.1. The molecule has 0 aromatic heterocycles. The molecule has 0 saturated carbocycles. The van der Waals surface area contributed by atoms with Crippen LogP contribution in [0.1, 0.15) is 81.1 Å². The van der Waals surface area contributed by atoms with E-state index >= 15 is 0 Å². The van der Waals surface area contributed by atoms with Gasteiger partial charge in [-0.1, -0.05) is 109 Å². The molecule has 0 aliphatic carbocycles. The first kappa shape index (κ1) is 26.7. The summed E-state index contributed by atoms with van der Waals surface area (Å²) in [6.45, 7) is 29.2. The third-order valence-corrected chi connectivity index (χ3v) is 5.70. The van der Waals surface area contributed by atoms with Gasteiger partial charge in [0.25, 0.3) is 0 Å². The molecule has 0 heterocycles. The Bertz CT molecular complexity index is 514. The third-order valence-electron chi connectivity index (χ3n) is 5.70. The molecule has 0 aliphatic heterocycles. The molecule has 0 fully saturated rings. The lowest BCUT2D eigenvalue weighted by Gasteiger charge is -2.27. The van der Waals surface area contributed by atoms with Gasteiger partial charge in [0.15, 0.2) is 0 Å². The molecule has 0 bridgehead atoms. The van der Waals surface area contributed by atoms with Crippen LogP contribution in [0.25, 0.3) is 0 Å². The molecule has 0 spiro atoms. The summed E-state index contributed by atoms with van der Waals surface area (Å²) in [5, 5.41) is 0. The van der Waals surface area contributed by atoms with Crippen molar-refractivity contribution < 1.29 is 0 Å². The monoisotopic (exact) mass is 356 g/mol. The summed E-state index contributed by atoms with van der Waals surface area (Å²) in [6.07, 6.45) is 17.2. The van der Waals surface area contributed by atoms with Crippen molar-refractivity contribution in [3.05, 3.63) is 72.9 Å². The molecule has 0 aliphatic rings. The lowest BCUT2D eigenvalue weighted by Crippen LogP contribution is -2.14. The summed E-state index contributed by atoms with van der Waals surface area (Å²) in [4.78, 5) is 0. The number of hydrogen-bond acceptors (Lipinski definition) is 0. The molecule has 0 radical (unpaired) electrons. The molecule has 0 nitrogen and oxygen atoms in total. The summed E-state index contributed by atoms with van der Waals surface area (Å²) in [6, 6.07) is 0. The van der Waals surface area contributed by atoms with Crippen molar-refractivity contribution in [2.75, 3.05) is 0 Å². The quantitative estimate of drug-likeness (QED) is 0.342. The van der Waals surface area contributed by atoms with Crippen LogP contribution in [0.2, 0.25) is 0 Å². The second kappa shape index (κ2) is 13.6. The molecule has 0 aromatic carbocycles. The fourth-order valence-electron chi connectivity index (χ4n) is 2.13. The van der Waals surface area contributed by atoms with E-state index in [9.17, 15) is 0 Å². The predicted molar refractivity (Wildman–Crippen MR) is 124 cm³/mol. The van der Waals surface area contributed by atoms with Crippen molar-refractivity contribution in [2.45, 2.75) is 81.1 Å². The Morgan fingerprint density at radius 2 is 1.35 bits per heavy atom. The van der Waals surface area contributed by atoms with E-state index in [4.69, 9.17) is 0 Å². The summed E-state index contributed by atoms with van der Waals surface area (Å²) >= 11 is 0. The topological polar surface area (TPSA) is 0 Å². The average molecular weight is 357 g/mol. The van der Waals surface area contributed by atoms with Gasteiger partial charge in [0.05, 0.1) is 0 Å². The SMILES string of the molecule is C=C(C)/C=C\C(=C)C(C)(CC)CC.C=C/C(C)=C\C=C\C(C)(CC)CC. The highest BCUT2D eigenvalue weighted by atomic mass is 14.3. The van der Waals surface area contributed by atoms with Crippen molar-refractivity contribution in [1.82, 2.24) is 0 Å². The standard InChI is InChI=1S/2C13H22/c1-7-13(6,8-2)12(5)10-9-11(3)4;1-6-12(4)10-9-11-13(5,7-2)8-3/h9-10H,3,5,7-8H2,1-2,4,6H3;6,9-11H,1,7-8H2,2-5H3/b10-9-;11-9+,12-10-. The zero-order valence-electron chi connectivity index (χ0n) is 18.9. The minimum atomic E-state index is 0.256. The largest absolute Gasteiger partial charge is 0.0988 e. The first-order valence-electron chi connectivity index (χ1n) is 10.1. The highest BCUT2D eigenvalue weighted by Crippen LogP contribution is 2.34. The molecule has 0 atom stereocenters. The van der Waals surface area contributed by atoms with Crippen LogP contribution < -0.4 is 0 Å². The van der Waals surface area contributed by atoms with Crippen LogP contribution in [0, 0.1) is 10.8 Å². The Kier molecular flexibility index (Phi) is 14.0. The van der Waals surface area contributed by atoms with Crippen molar-refractivity contribution in [2.24, 2.45) is 10.8 Å². The average Bonchev–Trinajstić information content (AvgIpc) is 2.65. The van der Waals surface area contributed by atoms with Gasteiger partial charge in [0.2, 0.25) is 0 Å². The highest BCUT2D eigenvalue weighted by Gasteiger charge is 2.21. The van der Waals surface area contributed by atoms with Gasteiger partial charge in [-0.2, -0.15) is 0 Å². The van der Waals surface area contributed by atoms with E-state index in [0.29, 0.717) is 5.41 Å². The fraction of sp³-hybridized carbons (Fsp3) is 0.538. The Balaban J connectivity index is 0. The number of rotatable bonds is 10. The first-order chi connectivity index (χ1) is 12.0. The number of hydrogen-bond donors (Lipinski definition) is 0. The molecular formula is C26H44. The van der Waals surface area contributed by atoms with Gasteiger partial charge in [0.1, 0.15) is 0 Å². The van der Waals surface area contributed by atoms with Crippen LogP contribution >= 0.6 is 0 Å². The van der Waals surface area contributed by atoms with Gasteiger partial charge >= 0.3 is 0 Å². The van der Waals surface area contributed by atoms with Gasteiger partial charge in [0, 0.05) is 0 Å². The maximum absolute atomic E-state index is 4.11. The predicted octanol–water partition coefficient (Wildman–Crippen LogP) is 9.00. The van der Waals surface area contributed by atoms with Crippen LogP contribution in [0.3, 0.4) is 0 Å². The summed E-state index contributed by atoms with van der Waals surface area (Å²) in [5.74, 6) is 0. The van der Waals surface area contributed by atoms with Crippen LogP contribution in [0.5, 0.6) is 0 Å².